The van der Waals surface area contributed by atoms with Crippen molar-refractivity contribution >= 4 is 0 Å². The third kappa shape index (κ3) is 7.20. The summed E-state index contributed by atoms with van der Waals surface area (Å²) in [5.74, 6) is 0. The molecule has 0 fully saturated rings. The molecule has 0 aromatic rings. The second kappa shape index (κ2) is 10.1. The molecule has 0 spiro atoms. The van der Waals surface area contributed by atoms with Crippen molar-refractivity contribution in [1.82, 2.24) is 4.90 Å². The van der Waals surface area contributed by atoms with Gasteiger partial charge in [-0.3, -0.25) is 0 Å². The van der Waals surface area contributed by atoms with E-state index < -0.39 is 0 Å². The first kappa shape index (κ1) is 15.9. The molecule has 0 aromatic carbocycles. The maximum Gasteiger partial charge on any atom is 0.158 e. The van der Waals surface area contributed by atoms with Crippen LogP contribution in [-0.2, 0) is 9.47 Å². The minimum Gasteiger partial charge on any atom is -0.353 e. The Morgan fingerprint density at radius 2 is 1.56 bits per heavy atom. The second-order valence-corrected chi connectivity index (χ2v) is 4.25. The topological polar surface area (TPSA) is 21.7 Å². The molecule has 16 heavy (non-hydrogen) atoms. The lowest BCUT2D eigenvalue weighted by Crippen LogP contribution is -2.33. The summed E-state index contributed by atoms with van der Waals surface area (Å²) in [6, 6.07) is 0.647. The van der Waals surface area contributed by atoms with Gasteiger partial charge in [-0.2, -0.15) is 0 Å². The smallest absolute Gasteiger partial charge is 0.158 e. The lowest BCUT2D eigenvalue weighted by molar-refractivity contribution is -0.141. The Morgan fingerprint density at radius 3 is 2.00 bits per heavy atom. The Bertz CT molecular complexity index is 147. The molecular weight excluding hydrogens is 202 g/mol. The van der Waals surface area contributed by atoms with E-state index in [1.807, 2.05) is 13.8 Å². The summed E-state index contributed by atoms with van der Waals surface area (Å²) in [6.07, 6.45) is 3.41. The fourth-order valence-electron chi connectivity index (χ4n) is 1.75. The molecule has 3 heteroatoms. The van der Waals surface area contributed by atoms with E-state index in [1.165, 1.54) is 12.8 Å². The van der Waals surface area contributed by atoms with Crippen LogP contribution in [0.15, 0.2) is 0 Å². The SMILES string of the molecule is CCCC(C)N(C)CCC(OCC)OCC. The molecule has 0 aliphatic heterocycles. The van der Waals surface area contributed by atoms with E-state index in [0.717, 1.165) is 26.2 Å². The number of hydrogen-bond donors (Lipinski definition) is 0. The van der Waals surface area contributed by atoms with Crippen LogP contribution in [0.4, 0.5) is 0 Å². The molecule has 0 rings (SSSR count). The van der Waals surface area contributed by atoms with Crippen molar-refractivity contribution in [3.63, 3.8) is 0 Å². The number of nitrogens with zero attached hydrogens (tertiary/aromatic N) is 1. The molecule has 0 bridgehead atoms. The van der Waals surface area contributed by atoms with E-state index in [1.54, 1.807) is 0 Å². The van der Waals surface area contributed by atoms with Crippen LogP contribution in [0.25, 0.3) is 0 Å². The average molecular weight is 231 g/mol. The Morgan fingerprint density at radius 1 is 1.00 bits per heavy atom. The predicted octanol–water partition coefficient (Wildman–Crippen LogP) is 2.90. The van der Waals surface area contributed by atoms with Crippen molar-refractivity contribution in [2.24, 2.45) is 0 Å². The molecule has 3 nitrogen and oxygen atoms in total. The zero-order chi connectivity index (χ0) is 12.4. The summed E-state index contributed by atoms with van der Waals surface area (Å²) >= 11 is 0. The molecule has 0 heterocycles. The first-order chi connectivity index (χ1) is 7.65. The quantitative estimate of drug-likeness (QED) is 0.540. The largest absolute Gasteiger partial charge is 0.353 e. The molecule has 1 atom stereocenters. The van der Waals surface area contributed by atoms with Crippen LogP contribution in [0.5, 0.6) is 0 Å². The molecular formula is C13H29NO2. The molecule has 0 radical (unpaired) electrons. The van der Waals surface area contributed by atoms with Crippen molar-refractivity contribution in [3.8, 4) is 0 Å². The van der Waals surface area contributed by atoms with Crippen LogP contribution in [-0.4, -0.2) is 44.0 Å². The number of hydrogen-bond acceptors (Lipinski definition) is 3. The van der Waals surface area contributed by atoms with E-state index >= 15 is 0 Å². The highest BCUT2D eigenvalue weighted by molar-refractivity contribution is 4.63. The van der Waals surface area contributed by atoms with E-state index in [2.05, 4.69) is 25.8 Å². The minimum atomic E-state index is -0.0359. The van der Waals surface area contributed by atoms with Crippen molar-refractivity contribution in [2.75, 3.05) is 26.8 Å². The van der Waals surface area contributed by atoms with Gasteiger partial charge >= 0.3 is 0 Å². The number of ether oxygens (including phenoxy) is 2. The van der Waals surface area contributed by atoms with Gasteiger partial charge in [0.2, 0.25) is 0 Å². The van der Waals surface area contributed by atoms with Crippen LogP contribution in [0.2, 0.25) is 0 Å². The van der Waals surface area contributed by atoms with Gasteiger partial charge in [0.25, 0.3) is 0 Å². The maximum atomic E-state index is 5.52. The minimum absolute atomic E-state index is 0.0359. The molecule has 0 saturated heterocycles. The van der Waals surface area contributed by atoms with E-state index in [0.29, 0.717) is 6.04 Å². The Hall–Kier alpha value is -0.120. The molecule has 0 aliphatic rings. The fraction of sp³-hybridized carbons (Fsp3) is 1.00. The van der Waals surface area contributed by atoms with Gasteiger partial charge in [0.1, 0.15) is 0 Å². The van der Waals surface area contributed by atoms with Crippen molar-refractivity contribution in [2.45, 2.75) is 59.3 Å². The standard InChI is InChI=1S/C13H29NO2/c1-6-9-12(4)14(5)11-10-13(15-7-2)16-8-3/h12-13H,6-11H2,1-5H3. The third-order valence-electron chi connectivity index (χ3n) is 2.88. The van der Waals surface area contributed by atoms with Gasteiger partial charge in [-0.1, -0.05) is 13.3 Å². The molecule has 1 unspecified atom stereocenters. The van der Waals surface area contributed by atoms with E-state index in [4.69, 9.17) is 9.47 Å². The summed E-state index contributed by atoms with van der Waals surface area (Å²) in [6.45, 7) is 11.0. The number of rotatable bonds is 10. The van der Waals surface area contributed by atoms with Crippen LogP contribution in [0.3, 0.4) is 0 Å². The Kier molecular flexibility index (Phi) is 9.99. The van der Waals surface area contributed by atoms with Crippen LogP contribution in [0.1, 0.15) is 47.0 Å². The van der Waals surface area contributed by atoms with Gasteiger partial charge in [-0.25, -0.2) is 0 Å². The molecule has 0 N–H and O–H groups in total. The summed E-state index contributed by atoms with van der Waals surface area (Å²) in [4.78, 5) is 2.38. The predicted molar refractivity (Wildman–Crippen MR) is 68.7 cm³/mol. The summed E-state index contributed by atoms with van der Waals surface area (Å²) in [5, 5.41) is 0. The zero-order valence-corrected chi connectivity index (χ0v) is 11.7. The second-order valence-electron chi connectivity index (χ2n) is 4.25. The average Bonchev–Trinajstić information content (AvgIpc) is 2.26. The summed E-state index contributed by atoms with van der Waals surface area (Å²) < 4.78 is 11.0. The van der Waals surface area contributed by atoms with Gasteiger partial charge in [-0.05, 0) is 34.2 Å². The van der Waals surface area contributed by atoms with Crippen molar-refractivity contribution in [1.29, 1.82) is 0 Å². The summed E-state index contributed by atoms with van der Waals surface area (Å²) in [5.41, 5.74) is 0. The first-order valence-electron chi connectivity index (χ1n) is 6.59. The highest BCUT2D eigenvalue weighted by atomic mass is 16.7. The zero-order valence-electron chi connectivity index (χ0n) is 11.7. The van der Waals surface area contributed by atoms with Gasteiger partial charge in [0.05, 0.1) is 0 Å². The molecule has 0 aromatic heterocycles. The van der Waals surface area contributed by atoms with Crippen LogP contribution < -0.4 is 0 Å². The van der Waals surface area contributed by atoms with Gasteiger partial charge < -0.3 is 14.4 Å². The van der Waals surface area contributed by atoms with Gasteiger partial charge in [-0.15, -0.1) is 0 Å². The monoisotopic (exact) mass is 231 g/mol. The Labute approximate surface area is 101 Å². The normalized spacial score (nSPS) is 13.7. The molecule has 0 aliphatic carbocycles. The van der Waals surface area contributed by atoms with E-state index in [-0.39, 0.29) is 6.29 Å². The highest BCUT2D eigenvalue weighted by Gasteiger charge is 2.12. The third-order valence-corrected chi connectivity index (χ3v) is 2.88. The van der Waals surface area contributed by atoms with Crippen LogP contribution in [0, 0.1) is 0 Å². The first-order valence-corrected chi connectivity index (χ1v) is 6.59. The van der Waals surface area contributed by atoms with E-state index in [9.17, 15) is 0 Å². The van der Waals surface area contributed by atoms with Gasteiger partial charge in [0, 0.05) is 32.2 Å². The molecule has 0 amide bonds. The molecule has 0 saturated carbocycles. The lowest BCUT2D eigenvalue weighted by atomic mass is 10.1. The van der Waals surface area contributed by atoms with Crippen LogP contribution >= 0.6 is 0 Å². The lowest BCUT2D eigenvalue weighted by Gasteiger charge is -2.26. The fourth-order valence-corrected chi connectivity index (χ4v) is 1.75. The summed E-state index contributed by atoms with van der Waals surface area (Å²) in [7, 11) is 2.18. The van der Waals surface area contributed by atoms with Crippen molar-refractivity contribution in [3.05, 3.63) is 0 Å². The Balaban J connectivity index is 3.80. The van der Waals surface area contributed by atoms with Gasteiger partial charge in [0.15, 0.2) is 6.29 Å². The highest BCUT2D eigenvalue weighted by Crippen LogP contribution is 2.07. The van der Waals surface area contributed by atoms with Crippen molar-refractivity contribution < 1.29 is 9.47 Å². The molecule has 98 valence electrons. The maximum absolute atomic E-state index is 5.52.